The van der Waals surface area contributed by atoms with Crippen molar-refractivity contribution in [2.45, 2.75) is 24.2 Å². The van der Waals surface area contributed by atoms with Crippen LogP contribution in [-0.2, 0) is 0 Å². The average Bonchev–Trinajstić information content (AvgIpc) is 2.83. The number of tetrazole rings is 1. The fourth-order valence-electron chi connectivity index (χ4n) is 1.46. The van der Waals surface area contributed by atoms with E-state index in [0.717, 1.165) is 11.8 Å². The number of aromatic hydroxyl groups is 1. The number of nitrogens with zero attached hydrogens (tertiary/aromatic N) is 4. The highest BCUT2D eigenvalue weighted by Gasteiger charge is 2.26. The third-order valence-electron chi connectivity index (χ3n) is 2.37. The molecule has 20 heavy (non-hydrogen) atoms. The van der Waals surface area contributed by atoms with Crippen molar-refractivity contribution < 1.29 is 18.3 Å². The molecule has 0 aliphatic carbocycles. The van der Waals surface area contributed by atoms with Crippen molar-refractivity contribution in [2.75, 3.05) is 5.75 Å². The minimum atomic E-state index is -4.14. The van der Waals surface area contributed by atoms with E-state index in [1.165, 1.54) is 16.8 Å². The zero-order chi connectivity index (χ0) is 14.6. The Bertz CT molecular complexity index is 556. The van der Waals surface area contributed by atoms with Crippen molar-refractivity contribution in [3.05, 3.63) is 24.3 Å². The van der Waals surface area contributed by atoms with E-state index < -0.39 is 12.6 Å². The number of phenolic OH excluding ortho intramolecular Hbond substituents is 1. The fraction of sp³-hybridized carbons (Fsp3) is 0.364. The first-order valence-corrected chi connectivity index (χ1v) is 6.71. The Morgan fingerprint density at radius 1 is 1.20 bits per heavy atom. The highest BCUT2D eigenvalue weighted by Crippen LogP contribution is 2.25. The highest BCUT2D eigenvalue weighted by atomic mass is 32.2. The third kappa shape index (κ3) is 4.12. The molecular formula is C11H11F3N4OS. The average molecular weight is 304 g/mol. The van der Waals surface area contributed by atoms with Crippen LogP contribution in [0.1, 0.15) is 12.8 Å². The Morgan fingerprint density at radius 2 is 1.90 bits per heavy atom. The summed E-state index contributed by atoms with van der Waals surface area (Å²) in [7, 11) is 0. The predicted octanol–water partition coefficient (Wildman–Crippen LogP) is 2.80. The molecule has 0 saturated heterocycles. The molecule has 1 aromatic carbocycles. The lowest BCUT2D eigenvalue weighted by atomic mass is 10.3. The number of halogens is 3. The van der Waals surface area contributed by atoms with E-state index in [2.05, 4.69) is 15.5 Å². The molecule has 2 aromatic rings. The van der Waals surface area contributed by atoms with Gasteiger partial charge in [-0.05, 0) is 41.1 Å². The van der Waals surface area contributed by atoms with Gasteiger partial charge < -0.3 is 5.11 Å². The van der Waals surface area contributed by atoms with Gasteiger partial charge in [0.25, 0.3) is 0 Å². The summed E-state index contributed by atoms with van der Waals surface area (Å²) < 4.78 is 37.5. The second-order valence-corrected chi connectivity index (χ2v) is 5.02. The van der Waals surface area contributed by atoms with Gasteiger partial charge >= 0.3 is 6.18 Å². The smallest absolute Gasteiger partial charge is 0.389 e. The van der Waals surface area contributed by atoms with Gasteiger partial charge in [0.05, 0.1) is 5.69 Å². The molecule has 0 atom stereocenters. The zero-order valence-electron chi connectivity index (χ0n) is 10.2. The molecular weight excluding hydrogens is 293 g/mol. The van der Waals surface area contributed by atoms with E-state index in [9.17, 15) is 18.3 Å². The van der Waals surface area contributed by atoms with Crippen LogP contribution in [0.15, 0.2) is 29.4 Å². The summed E-state index contributed by atoms with van der Waals surface area (Å²) in [5.74, 6) is 0.388. The molecule has 0 spiro atoms. The van der Waals surface area contributed by atoms with Gasteiger partial charge in [0.2, 0.25) is 5.16 Å². The molecule has 0 radical (unpaired) electrons. The number of aromatic nitrogens is 4. The van der Waals surface area contributed by atoms with Crippen LogP contribution in [0.4, 0.5) is 13.2 Å². The SMILES string of the molecule is Oc1ccc(-n2nnnc2SCCCC(F)(F)F)cc1. The minimum absolute atomic E-state index is 0.0105. The molecule has 0 saturated carbocycles. The fourth-order valence-corrected chi connectivity index (χ4v) is 2.29. The van der Waals surface area contributed by atoms with Crippen LogP contribution in [0.3, 0.4) is 0 Å². The first-order valence-electron chi connectivity index (χ1n) is 5.73. The second kappa shape index (κ2) is 6.12. The Hall–Kier alpha value is -1.77. The quantitative estimate of drug-likeness (QED) is 0.680. The lowest BCUT2D eigenvalue weighted by molar-refractivity contribution is -0.134. The Morgan fingerprint density at radius 3 is 2.55 bits per heavy atom. The first-order chi connectivity index (χ1) is 9.46. The highest BCUT2D eigenvalue weighted by molar-refractivity contribution is 7.99. The number of rotatable bonds is 5. The van der Waals surface area contributed by atoms with Gasteiger partial charge in [-0.3, -0.25) is 0 Å². The van der Waals surface area contributed by atoms with Crippen molar-refractivity contribution in [1.82, 2.24) is 20.2 Å². The van der Waals surface area contributed by atoms with Crippen LogP contribution in [-0.4, -0.2) is 37.2 Å². The number of thioether (sulfide) groups is 1. The Kier molecular flexibility index (Phi) is 4.48. The molecule has 0 aliphatic rings. The van der Waals surface area contributed by atoms with Gasteiger partial charge in [0.1, 0.15) is 5.75 Å². The summed E-state index contributed by atoms with van der Waals surface area (Å²) in [5.41, 5.74) is 0.631. The predicted molar refractivity (Wildman–Crippen MR) is 66.8 cm³/mol. The molecule has 0 aliphatic heterocycles. The van der Waals surface area contributed by atoms with Crippen LogP contribution >= 0.6 is 11.8 Å². The van der Waals surface area contributed by atoms with Gasteiger partial charge in [0.15, 0.2) is 0 Å². The van der Waals surface area contributed by atoms with Crippen molar-refractivity contribution >= 4 is 11.8 Å². The van der Waals surface area contributed by atoms with E-state index in [1.807, 2.05) is 0 Å². The Balaban J connectivity index is 1.97. The van der Waals surface area contributed by atoms with Gasteiger partial charge in [0, 0.05) is 12.2 Å². The molecule has 108 valence electrons. The van der Waals surface area contributed by atoms with Crippen LogP contribution in [0.25, 0.3) is 5.69 Å². The third-order valence-corrected chi connectivity index (χ3v) is 3.38. The zero-order valence-corrected chi connectivity index (χ0v) is 11.0. The van der Waals surface area contributed by atoms with Gasteiger partial charge in [-0.25, -0.2) is 0 Å². The second-order valence-electron chi connectivity index (χ2n) is 3.96. The topological polar surface area (TPSA) is 63.8 Å². The number of benzene rings is 1. The molecule has 0 unspecified atom stereocenters. The van der Waals surface area contributed by atoms with Crippen LogP contribution in [0, 0.1) is 0 Å². The number of hydrogen-bond acceptors (Lipinski definition) is 5. The molecule has 9 heteroatoms. The van der Waals surface area contributed by atoms with Crippen molar-refractivity contribution in [1.29, 1.82) is 0 Å². The maximum absolute atomic E-state index is 12.0. The molecule has 1 N–H and O–H groups in total. The van der Waals surface area contributed by atoms with Gasteiger partial charge in [-0.15, -0.1) is 5.10 Å². The summed E-state index contributed by atoms with van der Waals surface area (Å²) in [5, 5.41) is 20.7. The largest absolute Gasteiger partial charge is 0.508 e. The molecule has 1 heterocycles. The molecule has 1 aromatic heterocycles. The standard InChI is InChI=1S/C11H11F3N4OS/c12-11(13,14)6-1-7-20-10-15-16-17-18(10)8-2-4-9(19)5-3-8/h2-5,19H,1,6-7H2. The van der Waals surface area contributed by atoms with Crippen molar-refractivity contribution in [3.63, 3.8) is 0 Å². The van der Waals surface area contributed by atoms with Crippen LogP contribution < -0.4 is 0 Å². The van der Waals surface area contributed by atoms with E-state index in [1.54, 1.807) is 12.1 Å². The van der Waals surface area contributed by atoms with Gasteiger partial charge in [-0.1, -0.05) is 11.8 Å². The molecule has 0 amide bonds. The monoisotopic (exact) mass is 304 g/mol. The van der Waals surface area contributed by atoms with Crippen LogP contribution in [0.2, 0.25) is 0 Å². The summed E-state index contributed by atoms with van der Waals surface area (Å²) in [4.78, 5) is 0. The van der Waals surface area contributed by atoms with Gasteiger partial charge in [-0.2, -0.15) is 17.9 Å². The number of hydrogen-bond donors (Lipinski definition) is 1. The van der Waals surface area contributed by atoms with E-state index >= 15 is 0 Å². The Labute approximate surface area is 116 Å². The molecule has 5 nitrogen and oxygen atoms in total. The van der Waals surface area contributed by atoms with Crippen molar-refractivity contribution in [3.8, 4) is 11.4 Å². The lowest BCUT2D eigenvalue weighted by Crippen LogP contribution is -2.07. The normalized spacial score (nSPS) is 11.8. The molecule has 2 rings (SSSR count). The molecule has 0 bridgehead atoms. The van der Waals surface area contributed by atoms with E-state index in [0.29, 0.717) is 10.8 Å². The lowest BCUT2D eigenvalue weighted by Gasteiger charge is -2.06. The summed E-state index contributed by atoms with van der Waals surface area (Å²) in [6.07, 6.45) is -4.94. The van der Waals surface area contributed by atoms with E-state index in [4.69, 9.17) is 0 Å². The van der Waals surface area contributed by atoms with E-state index in [-0.39, 0.29) is 17.9 Å². The summed E-state index contributed by atoms with van der Waals surface area (Å²) >= 11 is 1.16. The maximum Gasteiger partial charge on any atom is 0.389 e. The first kappa shape index (κ1) is 14.6. The number of phenols is 1. The van der Waals surface area contributed by atoms with Crippen LogP contribution in [0.5, 0.6) is 5.75 Å². The maximum atomic E-state index is 12.0. The summed E-state index contributed by atoms with van der Waals surface area (Å²) in [6.45, 7) is 0. The molecule has 0 fully saturated rings. The number of alkyl halides is 3. The minimum Gasteiger partial charge on any atom is -0.508 e. The van der Waals surface area contributed by atoms with Crippen molar-refractivity contribution in [2.24, 2.45) is 0 Å². The summed E-state index contributed by atoms with van der Waals surface area (Å²) in [6, 6.07) is 6.20.